The molecular formula is C22H42N2. The van der Waals surface area contributed by atoms with Crippen molar-refractivity contribution in [3.63, 3.8) is 0 Å². The van der Waals surface area contributed by atoms with Gasteiger partial charge >= 0.3 is 0 Å². The van der Waals surface area contributed by atoms with E-state index in [4.69, 9.17) is 0 Å². The summed E-state index contributed by atoms with van der Waals surface area (Å²) in [5.41, 5.74) is 4.38. The van der Waals surface area contributed by atoms with Crippen LogP contribution in [-0.2, 0) is 0 Å². The Labute approximate surface area is 152 Å². The highest BCUT2D eigenvalue weighted by Crippen LogP contribution is 2.48. The van der Waals surface area contributed by atoms with E-state index in [1.807, 2.05) is 13.8 Å². The molecule has 0 aromatic carbocycles. The van der Waals surface area contributed by atoms with Crippen LogP contribution in [0.4, 0.5) is 0 Å². The molecule has 140 valence electrons. The molecule has 0 bridgehead atoms. The number of hydrogen-bond donors (Lipinski definition) is 0. The molecule has 1 fully saturated rings. The summed E-state index contributed by atoms with van der Waals surface area (Å²) in [5.74, 6) is 5.36. The van der Waals surface area contributed by atoms with Gasteiger partial charge in [-0.2, -0.15) is 0 Å². The average molecular weight is 335 g/mol. The van der Waals surface area contributed by atoms with Crippen molar-refractivity contribution >= 4 is 0 Å². The van der Waals surface area contributed by atoms with Crippen molar-refractivity contribution in [3.05, 3.63) is 11.1 Å². The predicted octanol–water partition coefficient (Wildman–Crippen LogP) is 5.34. The summed E-state index contributed by atoms with van der Waals surface area (Å²) in [7, 11) is 4.38. The second kappa shape index (κ2) is 7.22. The molecule has 0 spiro atoms. The molecule has 0 unspecified atom stereocenters. The van der Waals surface area contributed by atoms with E-state index in [1.54, 1.807) is 0 Å². The molecule has 24 heavy (non-hydrogen) atoms. The zero-order valence-corrected chi connectivity index (χ0v) is 18.9. The van der Waals surface area contributed by atoms with Crippen LogP contribution in [0.3, 0.4) is 0 Å². The van der Waals surface area contributed by atoms with E-state index in [-0.39, 0.29) is 11.1 Å². The summed E-state index contributed by atoms with van der Waals surface area (Å²) in [6.45, 7) is 26.4. The molecule has 2 aliphatic heterocycles. The minimum Gasteiger partial charge on any atom is -0.292 e. The Bertz CT molecular complexity index is 492. The van der Waals surface area contributed by atoms with E-state index in [1.165, 1.54) is 11.1 Å². The van der Waals surface area contributed by atoms with Gasteiger partial charge in [-0.1, -0.05) is 11.1 Å². The van der Waals surface area contributed by atoms with E-state index in [9.17, 15) is 0 Å². The van der Waals surface area contributed by atoms with E-state index >= 15 is 0 Å². The van der Waals surface area contributed by atoms with Crippen LogP contribution in [-0.4, -0.2) is 46.1 Å². The fraction of sp³-hybridized carbons (Fsp3) is 0.818. The van der Waals surface area contributed by atoms with Gasteiger partial charge in [0.2, 0.25) is 0 Å². The van der Waals surface area contributed by atoms with Crippen molar-refractivity contribution in [1.29, 1.82) is 0 Å². The largest absolute Gasteiger partial charge is 0.292 e. The van der Waals surface area contributed by atoms with Crippen molar-refractivity contribution in [2.24, 2.45) is 0 Å². The maximum atomic E-state index is 2.68. The van der Waals surface area contributed by atoms with Gasteiger partial charge in [-0.05, 0) is 97.2 Å². The maximum absolute atomic E-state index is 2.68. The molecule has 0 radical (unpaired) electrons. The van der Waals surface area contributed by atoms with Gasteiger partial charge in [0.15, 0.2) is 0 Å². The average Bonchev–Trinajstić information content (AvgIpc) is 2.81. The zero-order chi connectivity index (χ0) is 19.7. The molecule has 2 rings (SSSR count). The van der Waals surface area contributed by atoms with Crippen LogP contribution in [0.5, 0.6) is 0 Å². The lowest BCUT2D eigenvalue weighted by atomic mass is 9.93. The lowest BCUT2D eigenvalue weighted by Crippen LogP contribution is -2.47. The highest BCUT2D eigenvalue weighted by molar-refractivity contribution is 5.36. The normalized spacial score (nSPS) is 25.6. The van der Waals surface area contributed by atoms with Crippen molar-refractivity contribution in [2.45, 2.75) is 105 Å². The Morgan fingerprint density at radius 2 is 0.792 bits per heavy atom. The van der Waals surface area contributed by atoms with Gasteiger partial charge in [-0.25, -0.2) is 0 Å². The first kappa shape index (κ1) is 23.2. The van der Waals surface area contributed by atoms with Crippen molar-refractivity contribution in [2.75, 3.05) is 14.1 Å². The molecule has 0 aromatic rings. The minimum absolute atomic E-state index is 0.230. The molecule has 2 heterocycles. The zero-order valence-electron chi connectivity index (χ0n) is 18.9. The van der Waals surface area contributed by atoms with Crippen LogP contribution in [0.25, 0.3) is 0 Å². The first-order chi connectivity index (χ1) is 10.5. The summed E-state index contributed by atoms with van der Waals surface area (Å²) in [5, 5.41) is 0. The second-order valence-electron chi connectivity index (χ2n) is 9.10. The fourth-order valence-corrected chi connectivity index (χ4v) is 3.29. The first-order valence-electron chi connectivity index (χ1n) is 9.04. The Kier molecular flexibility index (Phi) is 6.99. The van der Waals surface area contributed by atoms with E-state index in [0.717, 1.165) is 0 Å². The third kappa shape index (κ3) is 3.89. The lowest BCUT2D eigenvalue weighted by molar-refractivity contribution is 0.124. The molecule has 2 nitrogen and oxygen atoms in total. The van der Waals surface area contributed by atoms with Crippen molar-refractivity contribution in [1.82, 2.24) is 9.80 Å². The smallest absolute Gasteiger partial charge is 0.0370 e. The molecule has 0 atom stereocenters. The molecule has 1 saturated heterocycles. The van der Waals surface area contributed by atoms with Gasteiger partial charge in [0.1, 0.15) is 0 Å². The topological polar surface area (TPSA) is 6.25 Å². The van der Waals surface area contributed by atoms with Crippen molar-refractivity contribution < 1.29 is 0 Å². The van der Waals surface area contributed by atoms with Crippen LogP contribution in [0.1, 0.15) is 83.1 Å². The summed E-state index contributed by atoms with van der Waals surface area (Å²) in [4.78, 5) is 4.82. The third-order valence-electron chi connectivity index (χ3n) is 7.45. The highest BCUT2D eigenvalue weighted by Gasteiger charge is 2.60. The van der Waals surface area contributed by atoms with Gasteiger partial charge in [0.25, 0.3) is 0 Å². The van der Waals surface area contributed by atoms with Gasteiger partial charge < -0.3 is 0 Å². The van der Waals surface area contributed by atoms with E-state index in [2.05, 4.69) is 105 Å². The van der Waals surface area contributed by atoms with Crippen LogP contribution >= 0.6 is 0 Å². The molecule has 0 amide bonds. The van der Waals surface area contributed by atoms with Gasteiger partial charge in [0.05, 0.1) is 0 Å². The first-order valence-corrected chi connectivity index (χ1v) is 9.04. The summed E-state index contributed by atoms with van der Waals surface area (Å²) in [6, 6.07) is 0. The number of likely N-dealkylation sites (N-methyl/N-ethyl adjacent to an activating group) is 2. The van der Waals surface area contributed by atoms with Crippen LogP contribution in [0, 0.1) is 11.8 Å². The van der Waals surface area contributed by atoms with Gasteiger partial charge in [-0.3, -0.25) is 9.80 Å². The van der Waals surface area contributed by atoms with Gasteiger partial charge in [-0.15, -0.1) is 11.8 Å². The Hall–Kier alpha value is -0.780. The van der Waals surface area contributed by atoms with E-state index < -0.39 is 0 Å². The van der Waals surface area contributed by atoms with Gasteiger partial charge in [0, 0.05) is 22.2 Å². The molecule has 2 aliphatic rings. The maximum Gasteiger partial charge on any atom is 0.0370 e. The van der Waals surface area contributed by atoms with Crippen LogP contribution < -0.4 is 0 Å². The monoisotopic (exact) mass is 334 g/mol. The van der Waals surface area contributed by atoms with Crippen LogP contribution in [0.15, 0.2) is 11.1 Å². The second-order valence-corrected chi connectivity index (χ2v) is 9.10. The Morgan fingerprint density at radius 3 is 0.833 bits per heavy atom. The molecule has 0 aromatic heterocycles. The molecule has 0 saturated carbocycles. The molecule has 0 N–H and O–H groups in total. The summed E-state index contributed by atoms with van der Waals surface area (Å²) < 4.78 is 0. The van der Waals surface area contributed by atoms with Crippen molar-refractivity contribution in [3.8, 4) is 11.8 Å². The molecule has 2 heteroatoms. The number of nitrogens with zero attached hydrogens (tertiary/aromatic N) is 2. The standard InChI is InChI=1S/C11H21N.C7H15N.C4H6/c1-8-9(2)11(5,6)12(7)10(8,3)4;1-6(2)7(3,4)8(6)5;1-3-4-2/h1-7H3;1-5H3;1-2H3. The minimum atomic E-state index is 0.230. The predicted molar refractivity (Wildman–Crippen MR) is 109 cm³/mol. The molecule has 0 aliphatic carbocycles. The fourth-order valence-electron chi connectivity index (χ4n) is 3.29. The SMILES string of the molecule is CC#CC.CC1=C(C)C(C)(C)N(C)C1(C)C.CN1C(C)(C)C1(C)C. The lowest BCUT2D eigenvalue weighted by Gasteiger charge is -2.39. The quantitative estimate of drug-likeness (QED) is 0.335. The third-order valence-corrected chi connectivity index (χ3v) is 7.45. The summed E-state index contributed by atoms with van der Waals surface area (Å²) in [6.07, 6.45) is 0. The summed E-state index contributed by atoms with van der Waals surface area (Å²) >= 11 is 0. The highest BCUT2D eigenvalue weighted by atomic mass is 15.4. The van der Waals surface area contributed by atoms with Crippen LogP contribution in [0.2, 0.25) is 0 Å². The Balaban J connectivity index is 0.000000379. The number of rotatable bonds is 0. The molecular weight excluding hydrogens is 292 g/mol. The van der Waals surface area contributed by atoms with E-state index in [0.29, 0.717) is 11.1 Å². The number of hydrogen-bond acceptors (Lipinski definition) is 2. The Morgan fingerprint density at radius 1 is 0.583 bits per heavy atom.